The molecule has 0 bridgehead atoms. The van der Waals surface area contributed by atoms with Gasteiger partial charge in [-0.05, 0) is 12.1 Å². The smallest absolute Gasteiger partial charge is 0.416 e. The Bertz CT molecular complexity index is 425. The Balaban J connectivity index is 3.24. The number of benzene rings is 1. The van der Waals surface area contributed by atoms with Crippen LogP contribution in [0.5, 0.6) is 5.75 Å². The van der Waals surface area contributed by atoms with Crippen molar-refractivity contribution in [2.45, 2.75) is 18.4 Å². The topological polar surface area (TPSA) is 35.2 Å². The summed E-state index contributed by atoms with van der Waals surface area (Å²) in [6.45, 7) is 0. The van der Waals surface area contributed by atoms with Crippen LogP contribution in [0.2, 0.25) is 0 Å². The molecule has 0 amide bonds. The van der Waals surface area contributed by atoms with Gasteiger partial charge in [-0.1, -0.05) is 6.07 Å². The van der Waals surface area contributed by atoms with Crippen molar-refractivity contribution in [1.29, 1.82) is 0 Å². The number of halogens is 6. The molecule has 0 fully saturated rings. The van der Waals surface area contributed by atoms with Crippen molar-refractivity contribution in [3.8, 4) is 5.75 Å². The number of ether oxygens (including phenoxy) is 1. The van der Waals surface area contributed by atoms with Crippen molar-refractivity contribution in [2.24, 2.45) is 5.73 Å². The van der Waals surface area contributed by atoms with Crippen molar-refractivity contribution < 1.29 is 31.1 Å². The van der Waals surface area contributed by atoms with E-state index in [2.05, 4.69) is 4.74 Å². The van der Waals surface area contributed by atoms with Crippen molar-refractivity contribution >= 4 is 0 Å². The highest BCUT2D eigenvalue weighted by Crippen LogP contribution is 2.38. The van der Waals surface area contributed by atoms with Crippen molar-refractivity contribution in [3.63, 3.8) is 0 Å². The van der Waals surface area contributed by atoms with Crippen LogP contribution in [0.3, 0.4) is 0 Å². The van der Waals surface area contributed by atoms with Gasteiger partial charge in [0, 0.05) is 5.56 Å². The Morgan fingerprint density at radius 2 is 1.67 bits per heavy atom. The number of hydrogen-bond acceptors (Lipinski definition) is 2. The minimum absolute atomic E-state index is 0.487. The highest BCUT2D eigenvalue weighted by molar-refractivity contribution is 5.41. The van der Waals surface area contributed by atoms with E-state index in [-0.39, 0.29) is 0 Å². The molecule has 0 aromatic heterocycles. The first-order valence-electron chi connectivity index (χ1n) is 4.64. The van der Waals surface area contributed by atoms with Gasteiger partial charge in [-0.15, -0.1) is 0 Å². The Kier molecular flexibility index (Phi) is 3.80. The van der Waals surface area contributed by atoms with Crippen LogP contribution < -0.4 is 10.5 Å². The zero-order chi connectivity index (χ0) is 14.1. The molecule has 0 unspecified atom stereocenters. The van der Waals surface area contributed by atoms with Crippen LogP contribution in [0.1, 0.15) is 17.2 Å². The SMILES string of the molecule is COc1cc(C(F)(F)F)ccc1[C@@H](N)C(F)(F)F. The molecule has 2 N–H and O–H groups in total. The molecule has 0 aliphatic heterocycles. The van der Waals surface area contributed by atoms with Crippen LogP contribution in [0.4, 0.5) is 26.3 Å². The third-order valence-corrected chi connectivity index (χ3v) is 2.25. The predicted molar refractivity (Wildman–Crippen MR) is 51.0 cm³/mol. The molecule has 102 valence electrons. The molecule has 0 saturated carbocycles. The van der Waals surface area contributed by atoms with Crippen molar-refractivity contribution in [2.75, 3.05) is 7.11 Å². The number of alkyl halides is 6. The molecule has 1 rings (SSSR count). The molecule has 1 atom stereocenters. The zero-order valence-electron chi connectivity index (χ0n) is 9.06. The Morgan fingerprint density at radius 1 is 1.11 bits per heavy atom. The van der Waals surface area contributed by atoms with E-state index in [0.717, 1.165) is 7.11 Å². The number of hydrogen-bond donors (Lipinski definition) is 1. The van der Waals surface area contributed by atoms with Gasteiger partial charge in [0.2, 0.25) is 0 Å². The first-order chi connectivity index (χ1) is 8.07. The molecule has 0 aliphatic carbocycles. The second-order valence-corrected chi connectivity index (χ2v) is 3.47. The standard InChI is InChI=1S/C10H9F6NO/c1-18-7-4-5(9(11,12)13)2-3-6(7)8(17)10(14,15)16/h2-4,8H,17H2,1H3/t8-/m1/s1. The highest BCUT2D eigenvalue weighted by Gasteiger charge is 2.40. The van der Waals surface area contributed by atoms with Gasteiger partial charge in [0.15, 0.2) is 0 Å². The largest absolute Gasteiger partial charge is 0.496 e. The number of methoxy groups -OCH3 is 1. The lowest BCUT2D eigenvalue weighted by Gasteiger charge is -2.19. The van der Waals surface area contributed by atoms with Gasteiger partial charge in [-0.25, -0.2) is 0 Å². The second-order valence-electron chi connectivity index (χ2n) is 3.47. The van der Waals surface area contributed by atoms with Gasteiger partial charge in [0.05, 0.1) is 12.7 Å². The van der Waals surface area contributed by atoms with Gasteiger partial charge in [-0.2, -0.15) is 26.3 Å². The third kappa shape index (κ3) is 3.06. The summed E-state index contributed by atoms with van der Waals surface area (Å²) in [5.74, 6) is -0.547. The lowest BCUT2D eigenvalue weighted by Crippen LogP contribution is -2.29. The van der Waals surface area contributed by atoms with E-state index in [1.54, 1.807) is 0 Å². The van der Waals surface area contributed by atoms with E-state index in [4.69, 9.17) is 5.73 Å². The van der Waals surface area contributed by atoms with E-state index >= 15 is 0 Å². The van der Waals surface area contributed by atoms with Crippen LogP contribution in [-0.2, 0) is 6.18 Å². The average Bonchev–Trinajstić information content (AvgIpc) is 2.24. The minimum atomic E-state index is -4.76. The average molecular weight is 273 g/mol. The van der Waals surface area contributed by atoms with E-state index in [0.29, 0.717) is 18.2 Å². The molecule has 0 saturated heterocycles. The molecule has 0 radical (unpaired) electrons. The first kappa shape index (κ1) is 14.6. The Morgan fingerprint density at radius 3 is 2.06 bits per heavy atom. The molecule has 0 heterocycles. The van der Waals surface area contributed by atoms with Gasteiger partial charge >= 0.3 is 12.4 Å². The molecule has 2 nitrogen and oxygen atoms in total. The quantitative estimate of drug-likeness (QED) is 0.839. The third-order valence-electron chi connectivity index (χ3n) is 2.25. The van der Waals surface area contributed by atoms with E-state index in [9.17, 15) is 26.3 Å². The summed E-state index contributed by atoms with van der Waals surface area (Å²) < 4.78 is 78.8. The Hall–Kier alpha value is -1.44. The van der Waals surface area contributed by atoms with Crippen LogP contribution in [0, 0.1) is 0 Å². The molecule has 0 aliphatic rings. The fourth-order valence-corrected chi connectivity index (χ4v) is 1.32. The summed E-state index contributed by atoms with van der Waals surface area (Å²) in [7, 11) is 0.974. The lowest BCUT2D eigenvalue weighted by atomic mass is 10.0. The maximum absolute atomic E-state index is 12.4. The summed E-state index contributed by atoms with van der Waals surface area (Å²) in [5.41, 5.74) is 3.28. The first-order valence-corrected chi connectivity index (χ1v) is 4.64. The van der Waals surface area contributed by atoms with E-state index < -0.39 is 35.3 Å². The van der Waals surface area contributed by atoms with Gasteiger partial charge in [0.1, 0.15) is 11.8 Å². The number of nitrogens with two attached hydrogens (primary N) is 1. The monoisotopic (exact) mass is 273 g/mol. The maximum Gasteiger partial charge on any atom is 0.416 e. The minimum Gasteiger partial charge on any atom is -0.496 e. The molecular formula is C10H9F6NO. The summed E-state index contributed by atoms with van der Waals surface area (Å²) in [6, 6.07) is -0.709. The lowest BCUT2D eigenvalue weighted by molar-refractivity contribution is -0.149. The van der Waals surface area contributed by atoms with Gasteiger partial charge < -0.3 is 10.5 Å². The molecule has 1 aromatic carbocycles. The normalized spacial score (nSPS) is 14.4. The number of rotatable bonds is 2. The van der Waals surface area contributed by atoms with Crippen molar-refractivity contribution in [1.82, 2.24) is 0 Å². The molecule has 0 spiro atoms. The zero-order valence-corrected chi connectivity index (χ0v) is 9.06. The van der Waals surface area contributed by atoms with Crippen LogP contribution in [-0.4, -0.2) is 13.3 Å². The highest BCUT2D eigenvalue weighted by atomic mass is 19.4. The van der Waals surface area contributed by atoms with Gasteiger partial charge in [0.25, 0.3) is 0 Å². The van der Waals surface area contributed by atoms with E-state index in [1.165, 1.54) is 0 Å². The molecule has 8 heteroatoms. The molecule has 1 aromatic rings. The fraction of sp³-hybridized carbons (Fsp3) is 0.400. The Labute approximate surface area is 98.3 Å². The molecule has 18 heavy (non-hydrogen) atoms. The fourth-order valence-electron chi connectivity index (χ4n) is 1.32. The van der Waals surface area contributed by atoms with E-state index in [1.807, 2.05) is 0 Å². The van der Waals surface area contributed by atoms with Crippen LogP contribution in [0.15, 0.2) is 18.2 Å². The molecular weight excluding hydrogens is 264 g/mol. The summed E-state index contributed by atoms with van der Waals surface area (Å²) >= 11 is 0. The van der Waals surface area contributed by atoms with Crippen molar-refractivity contribution in [3.05, 3.63) is 29.3 Å². The van der Waals surface area contributed by atoms with Crippen LogP contribution in [0.25, 0.3) is 0 Å². The summed E-state index contributed by atoms with van der Waals surface area (Å²) in [4.78, 5) is 0. The summed E-state index contributed by atoms with van der Waals surface area (Å²) in [6.07, 6.45) is -9.42. The second kappa shape index (κ2) is 4.68. The predicted octanol–water partition coefficient (Wildman–Crippen LogP) is 3.28. The summed E-state index contributed by atoms with van der Waals surface area (Å²) in [5, 5.41) is 0. The maximum atomic E-state index is 12.4. The van der Waals surface area contributed by atoms with Crippen LogP contribution >= 0.6 is 0 Å². The van der Waals surface area contributed by atoms with Gasteiger partial charge in [-0.3, -0.25) is 0 Å².